The molecule has 1 unspecified atom stereocenters. The number of methoxy groups -OCH3 is 1. The molecule has 5 heteroatoms. The number of ether oxygens (including phenoxy) is 1. The maximum Gasteiger partial charge on any atom is 0.204 e. The summed E-state index contributed by atoms with van der Waals surface area (Å²) in [6.07, 6.45) is 4.22. The van der Waals surface area contributed by atoms with Crippen molar-refractivity contribution in [3.63, 3.8) is 0 Å². The van der Waals surface area contributed by atoms with Gasteiger partial charge in [-0.3, -0.25) is 0 Å². The molecule has 1 aromatic heterocycles. The Bertz CT molecular complexity index is 343. The minimum atomic E-state index is 0.415. The number of aromatic nitrogens is 2. The number of anilines is 1. The Morgan fingerprint density at radius 3 is 2.72 bits per heavy atom. The van der Waals surface area contributed by atoms with Gasteiger partial charge in [0, 0.05) is 40.8 Å². The largest absolute Gasteiger partial charge is 0.383 e. The van der Waals surface area contributed by atoms with E-state index in [1.54, 1.807) is 7.11 Å². The topological polar surface area (TPSA) is 42.3 Å². The van der Waals surface area contributed by atoms with E-state index >= 15 is 0 Å². The molecule has 0 radical (unpaired) electrons. The second kappa shape index (κ2) is 7.38. The lowest BCUT2D eigenvalue weighted by Gasteiger charge is -2.18. The lowest BCUT2D eigenvalue weighted by atomic mass is 10.2. The van der Waals surface area contributed by atoms with Crippen LogP contribution in [0.1, 0.15) is 25.5 Å². The molecule has 0 spiro atoms. The van der Waals surface area contributed by atoms with E-state index in [0.29, 0.717) is 6.04 Å². The predicted octanol–water partition coefficient (Wildman–Crippen LogP) is 1.39. The molecule has 104 valence electrons. The van der Waals surface area contributed by atoms with Gasteiger partial charge in [0.1, 0.15) is 0 Å². The van der Waals surface area contributed by atoms with Crippen LogP contribution < -0.4 is 10.2 Å². The van der Waals surface area contributed by atoms with Gasteiger partial charge in [-0.2, -0.15) is 0 Å². The minimum absolute atomic E-state index is 0.415. The zero-order valence-corrected chi connectivity index (χ0v) is 12.2. The molecule has 1 atom stereocenters. The molecule has 0 bridgehead atoms. The summed E-state index contributed by atoms with van der Waals surface area (Å²) < 4.78 is 7.34. The number of hydrogen-bond donors (Lipinski definition) is 1. The van der Waals surface area contributed by atoms with Gasteiger partial charge in [0.05, 0.1) is 18.5 Å². The number of nitrogens with zero attached hydrogens (tertiary/aromatic N) is 3. The van der Waals surface area contributed by atoms with Crippen LogP contribution in [0.5, 0.6) is 0 Å². The summed E-state index contributed by atoms with van der Waals surface area (Å²) >= 11 is 0. The van der Waals surface area contributed by atoms with Crippen LogP contribution in [0.15, 0.2) is 6.20 Å². The van der Waals surface area contributed by atoms with Gasteiger partial charge in [-0.1, -0.05) is 13.3 Å². The Morgan fingerprint density at radius 1 is 1.50 bits per heavy atom. The molecule has 0 aliphatic rings. The Hall–Kier alpha value is -1.07. The molecule has 18 heavy (non-hydrogen) atoms. The van der Waals surface area contributed by atoms with Crippen molar-refractivity contribution in [1.82, 2.24) is 14.9 Å². The second-order valence-electron chi connectivity index (χ2n) is 4.82. The van der Waals surface area contributed by atoms with Gasteiger partial charge in [-0.25, -0.2) is 4.98 Å². The zero-order chi connectivity index (χ0) is 13.5. The molecule has 0 saturated carbocycles. The fourth-order valence-electron chi connectivity index (χ4n) is 2.06. The van der Waals surface area contributed by atoms with E-state index in [2.05, 4.69) is 21.8 Å². The SMILES string of the molecule is CCCC(COC)NCc1cnc(N(C)C)n1C. The summed E-state index contributed by atoms with van der Waals surface area (Å²) in [5.41, 5.74) is 1.19. The molecule has 0 saturated heterocycles. The Balaban J connectivity index is 2.56. The maximum atomic E-state index is 5.23. The van der Waals surface area contributed by atoms with Gasteiger partial charge in [0.25, 0.3) is 0 Å². The van der Waals surface area contributed by atoms with Gasteiger partial charge in [-0.05, 0) is 6.42 Å². The molecule has 1 aromatic rings. The van der Waals surface area contributed by atoms with Gasteiger partial charge in [0.2, 0.25) is 5.95 Å². The number of hydrogen-bond acceptors (Lipinski definition) is 4. The Labute approximate surface area is 110 Å². The molecule has 0 fully saturated rings. The van der Waals surface area contributed by atoms with Crippen molar-refractivity contribution >= 4 is 5.95 Å². The van der Waals surface area contributed by atoms with Gasteiger partial charge < -0.3 is 19.5 Å². The van der Waals surface area contributed by atoms with Crippen LogP contribution >= 0.6 is 0 Å². The average Bonchev–Trinajstić information content (AvgIpc) is 2.68. The lowest BCUT2D eigenvalue weighted by molar-refractivity contribution is 0.161. The van der Waals surface area contributed by atoms with E-state index in [1.807, 2.05) is 32.2 Å². The molecule has 1 N–H and O–H groups in total. The van der Waals surface area contributed by atoms with Crippen LogP contribution in [0.4, 0.5) is 5.95 Å². The quantitative estimate of drug-likeness (QED) is 0.761. The summed E-state index contributed by atoms with van der Waals surface area (Å²) in [4.78, 5) is 6.42. The van der Waals surface area contributed by atoms with Crippen LogP contribution in [-0.2, 0) is 18.3 Å². The van der Waals surface area contributed by atoms with E-state index in [-0.39, 0.29) is 0 Å². The first-order valence-electron chi connectivity index (χ1n) is 6.50. The van der Waals surface area contributed by atoms with Crippen molar-refractivity contribution in [2.75, 3.05) is 32.7 Å². The van der Waals surface area contributed by atoms with E-state index in [1.165, 1.54) is 5.69 Å². The molecular weight excluding hydrogens is 228 g/mol. The highest BCUT2D eigenvalue weighted by Crippen LogP contribution is 2.11. The van der Waals surface area contributed by atoms with Crippen molar-refractivity contribution in [3.05, 3.63) is 11.9 Å². The van der Waals surface area contributed by atoms with Crippen LogP contribution in [0, 0.1) is 0 Å². The van der Waals surface area contributed by atoms with E-state index in [0.717, 1.165) is 31.9 Å². The van der Waals surface area contributed by atoms with Crippen molar-refractivity contribution in [1.29, 1.82) is 0 Å². The van der Waals surface area contributed by atoms with E-state index in [4.69, 9.17) is 4.74 Å². The third-order valence-corrected chi connectivity index (χ3v) is 3.04. The van der Waals surface area contributed by atoms with Crippen molar-refractivity contribution in [3.8, 4) is 0 Å². The van der Waals surface area contributed by atoms with Crippen LogP contribution in [0.3, 0.4) is 0 Å². The number of rotatable bonds is 8. The van der Waals surface area contributed by atoms with Crippen molar-refractivity contribution in [2.45, 2.75) is 32.4 Å². The van der Waals surface area contributed by atoms with E-state index < -0.39 is 0 Å². The third kappa shape index (κ3) is 3.99. The molecular formula is C13H26N4O. The normalized spacial score (nSPS) is 12.7. The van der Waals surface area contributed by atoms with Crippen LogP contribution in [0.2, 0.25) is 0 Å². The highest BCUT2D eigenvalue weighted by atomic mass is 16.5. The maximum absolute atomic E-state index is 5.23. The van der Waals surface area contributed by atoms with Gasteiger partial charge in [-0.15, -0.1) is 0 Å². The van der Waals surface area contributed by atoms with E-state index in [9.17, 15) is 0 Å². The Morgan fingerprint density at radius 2 is 2.22 bits per heavy atom. The number of imidazole rings is 1. The summed E-state index contributed by atoms with van der Waals surface area (Å²) in [6.45, 7) is 3.77. The highest BCUT2D eigenvalue weighted by Gasteiger charge is 2.11. The summed E-state index contributed by atoms with van der Waals surface area (Å²) in [5, 5.41) is 3.53. The lowest BCUT2D eigenvalue weighted by Crippen LogP contribution is -2.33. The van der Waals surface area contributed by atoms with Gasteiger partial charge in [0.15, 0.2) is 0 Å². The van der Waals surface area contributed by atoms with Crippen molar-refractivity contribution < 1.29 is 4.74 Å². The number of nitrogens with one attached hydrogen (secondary N) is 1. The molecule has 0 aliphatic carbocycles. The van der Waals surface area contributed by atoms with Crippen molar-refractivity contribution in [2.24, 2.45) is 7.05 Å². The smallest absolute Gasteiger partial charge is 0.204 e. The van der Waals surface area contributed by atoms with Crippen LogP contribution in [0.25, 0.3) is 0 Å². The fraction of sp³-hybridized carbons (Fsp3) is 0.769. The first-order valence-corrected chi connectivity index (χ1v) is 6.50. The highest BCUT2D eigenvalue weighted by molar-refractivity contribution is 5.30. The summed E-state index contributed by atoms with van der Waals surface area (Å²) in [6, 6.07) is 0.415. The second-order valence-corrected chi connectivity index (χ2v) is 4.82. The molecule has 1 heterocycles. The van der Waals surface area contributed by atoms with Gasteiger partial charge >= 0.3 is 0 Å². The molecule has 0 aliphatic heterocycles. The summed E-state index contributed by atoms with van der Waals surface area (Å²) in [7, 11) is 7.80. The first-order chi connectivity index (χ1) is 8.60. The minimum Gasteiger partial charge on any atom is -0.383 e. The molecule has 0 amide bonds. The zero-order valence-electron chi connectivity index (χ0n) is 12.2. The third-order valence-electron chi connectivity index (χ3n) is 3.04. The molecule has 0 aromatic carbocycles. The Kier molecular flexibility index (Phi) is 6.15. The molecule has 1 rings (SSSR count). The predicted molar refractivity (Wildman–Crippen MR) is 74.9 cm³/mol. The molecule has 5 nitrogen and oxygen atoms in total. The standard InChI is InChI=1S/C13H26N4O/c1-6-7-11(10-18-5)14-8-12-9-15-13(16(2)3)17(12)4/h9,11,14H,6-8,10H2,1-5H3. The fourth-order valence-corrected chi connectivity index (χ4v) is 2.06. The average molecular weight is 254 g/mol. The van der Waals surface area contributed by atoms with Crippen LogP contribution in [-0.4, -0.2) is 43.4 Å². The summed E-state index contributed by atoms with van der Waals surface area (Å²) in [5.74, 6) is 0.977. The monoisotopic (exact) mass is 254 g/mol. The first kappa shape index (κ1) is 15.0.